The first-order valence-electron chi connectivity index (χ1n) is 6.92. The van der Waals surface area contributed by atoms with Crippen molar-refractivity contribution in [3.8, 4) is 0 Å². The molecule has 0 radical (unpaired) electrons. The quantitative estimate of drug-likeness (QED) is 0.724. The SMILES string of the molecule is CC(C)(C)OC(=O)N1CC2CCCCC2(C)C1O. The van der Waals surface area contributed by atoms with Crippen LogP contribution < -0.4 is 0 Å². The number of carbonyl (C=O) groups is 1. The highest BCUT2D eigenvalue weighted by atomic mass is 16.6. The van der Waals surface area contributed by atoms with Gasteiger partial charge in [0.15, 0.2) is 0 Å². The van der Waals surface area contributed by atoms with Crippen LogP contribution in [0.15, 0.2) is 0 Å². The van der Waals surface area contributed by atoms with Crippen LogP contribution in [0.25, 0.3) is 0 Å². The third-order valence-electron chi connectivity index (χ3n) is 4.38. The van der Waals surface area contributed by atoms with E-state index in [4.69, 9.17) is 4.74 Å². The first kappa shape index (κ1) is 13.7. The van der Waals surface area contributed by atoms with Gasteiger partial charge in [-0.2, -0.15) is 0 Å². The monoisotopic (exact) mass is 255 g/mol. The molecule has 1 aliphatic carbocycles. The number of rotatable bonds is 0. The van der Waals surface area contributed by atoms with Gasteiger partial charge in [-0.25, -0.2) is 4.79 Å². The Labute approximate surface area is 109 Å². The van der Waals surface area contributed by atoms with Crippen molar-refractivity contribution in [3.63, 3.8) is 0 Å². The van der Waals surface area contributed by atoms with E-state index in [2.05, 4.69) is 6.92 Å². The van der Waals surface area contributed by atoms with E-state index in [1.807, 2.05) is 20.8 Å². The van der Waals surface area contributed by atoms with E-state index in [0.717, 1.165) is 19.3 Å². The predicted octanol–water partition coefficient (Wildman–Crippen LogP) is 2.75. The molecule has 4 heteroatoms. The minimum atomic E-state index is -0.697. The van der Waals surface area contributed by atoms with Crippen molar-refractivity contribution in [3.05, 3.63) is 0 Å². The first-order valence-corrected chi connectivity index (χ1v) is 6.92. The molecule has 104 valence electrons. The highest BCUT2D eigenvalue weighted by molar-refractivity contribution is 5.69. The van der Waals surface area contributed by atoms with Crippen molar-refractivity contribution in [2.24, 2.45) is 11.3 Å². The number of fused-ring (bicyclic) bond motifs is 1. The lowest BCUT2D eigenvalue weighted by atomic mass is 9.69. The number of amides is 1. The number of hydrogen-bond acceptors (Lipinski definition) is 3. The Morgan fingerprint density at radius 2 is 2.06 bits per heavy atom. The molecule has 0 aromatic heterocycles. The zero-order valence-corrected chi connectivity index (χ0v) is 11.9. The molecule has 1 saturated carbocycles. The summed E-state index contributed by atoms with van der Waals surface area (Å²) in [6, 6.07) is 0. The molecule has 0 spiro atoms. The fourth-order valence-corrected chi connectivity index (χ4v) is 3.26. The molecule has 2 fully saturated rings. The topological polar surface area (TPSA) is 49.8 Å². The van der Waals surface area contributed by atoms with E-state index >= 15 is 0 Å². The second kappa shape index (κ2) is 4.41. The van der Waals surface area contributed by atoms with E-state index in [1.54, 1.807) is 0 Å². The number of carbonyl (C=O) groups excluding carboxylic acids is 1. The Bertz CT molecular complexity index is 336. The zero-order chi connectivity index (χ0) is 13.6. The third-order valence-corrected chi connectivity index (χ3v) is 4.38. The Morgan fingerprint density at radius 1 is 1.39 bits per heavy atom. The van der Waals surface area contributed by atoms with Gasteiger partial charge in [0.25, 0.3) is 0 Å². The lowest BCUT2D eigenvalue weighted by Gasteiger charge is -2.37. The summed E-state index contributed by atoms with van der Waals surface area (Å²) in [6.45, 7) is 8.28. The van der Waals surface area contributed by atoms with Crippen LogP contribution in [-0.4, -0.2) is 34.5 Å². The molecule has 0 bridgehead atoms. The maximum absolute atomic E-state index is 12.1. The Kier molecular flexibility index (Phi) is 3.34. The van der Waals surface area contributed by atoms with Crippen molar-refractivity contribution < 1.29 is 14.6 Å². The molecule has 1 heterocycles. The second-order valence-electron chi connectivity index (χ2n) is 6.95. The fourth-order valence-electron chi connectivity index (χ4n) is 3.26. The van der Waals surface area contributed by atoms with E-state index in [0.29, 0.717) is 12.5 Å². The van der Waals surface area contributed by atoms with Crippen LogP contribution in [0.3, 0.4) is 0 Å². The van der Waals surface area contributed by atoms with Crippen LogP contribution in [0.2, 0.25) is 0 Å². The Balaban J connectivity index is 2.10. The van der Waals surface area contributed by atoms with Crippen LogP contribution in [0.4, 0.5) is 4.79 Å². The van der Waals surface area contributed by atoms with Crippen molar-refractivity contribution in [2.75, 3.05) is 6.54 Å². The molecule has 18 heavy (non-hydrogen) atoms. The Morgan fingerprint density at radius 3 is 2.61 bits per heavy atom. The average Bonchev–Trinajstić information content (AvgIpc) is 2.50. The predicted molar refractivity (Wildman–Crippen MR) is 69.0 cm³/mol. The van der Waals surface area contributed by atoms with E-state index in [1.165, 1.54) is 11.3 Å². The first-order chi connectivity index (χ1) is 8.24. The van der Waals surface area contributed by atoms with Gasteiger partial charge in [-0.15, -0.1) is 0 Å². The van der Waals surface area contributed by atoms with Crippen LogP contribution in [0.5, 0.6) is 0 Å². The molecule has 2 rings (SSSR count). The van der Waals surface area contributed by atoms with E-state index < -0.39 is 11.8 Å². The van der Waals surface area contributed by atoms with Crippen LogP contribution >= 0.6 is 0 Å². The summed E-state index contributed by atoms with van der Waals surface area (Å²) < 4.78 is 5.37. The lowest BCUT2D eigenvalue weighted by molar-refractivity contribution is -0.0599. The highest BCUT2D eigenvalue weighted by Gasteiger charge is 2.53. The minimum absolute atomic E-state index is 0.144. The smallest absolute Gasteiger partial charge is 0.412 e. The van der Waals surface area contributed by atoms with Crippen molar-refractivity contribution in [2.45, 2.75) is 65.2 Å². The van der Waals surface area contributed by atoms with E-state index in [9.17, 15) is 9.90 Å². The number of likely N-dealkylation sites (tertiary alicyclic amines) is 1. The van der Waals surface area contributed by atoms with Crippen LogP contribution in [0.1, 0.15) is 53.4 Å². The number of aliphatic hydroxyl groups is 1. The third kappa shape index (κ3) is 2.35. The summed E-state index contributed by atoms with van der Waals surface area (Å²) >= 11 is 0. The van der Waals surface area contributed by atoms with Crippen LogP contribution in [0, 0.1) is 11.3 Å². The number of aliphatic hydroxyl groups excluding tert-OH is 1. The van der Waals surface area contributed by atoms with Gasteiger partial charge in [-0.1, -0.05) is 19.8 Å². The number of nitrogens with zero attached hydrogens (tertiary/aromatic N) is 1. The summed E-state index contributed by atoms with van der Waals surface area (Å²) in [5.74, 6) is 0.411. The minimum Gasteiger partial charge on any atom is -0.444 e. The lowest BCUT2D eigenvalue weighted by Crippen LogP contribution is -2.44. The molecule has 1 N–H and O–H groups in total. The van der Waals surface area contributed by atoms with Gasteiger partial charge in [0.05, 0.1) is 0 Å². The molecule has 0 aromatic rings. The standard InChI is InChI=1S/C14H25NO3/c1-13(2,3)18-12(17)15-9-10-7-5-6-8-14(10,4)11(15)16/h10-11,16H,5-9H2,1-4H3. The van der Waals surface area contributed by atoms with Gasteiger partial charge in [-0.05, 0) is 39.5 Å². The second-order valence-corrected chi connectivity index (χ2v) is 6.95. The van der Waals surface area contributed by atoms with Gasteiger partial charge in [0.1, 0.15) is 11.8 Å². The van der Waals surface area contributed by atoms with Gasteiger partial charge in [-0.3, -0.25) is 4.90 Å². The van der Waals surface area contributed by atoms with Crippen molar-refractivity contribution in [1.29, 1.82) is 0 Å². The molecule has 1 amide bonds. The Hall–Kier alpha value is -0.770. The van der Waals surface area contributed by atoms with Crippen molar-refractivity contribution >= 4 is 6.09 Å². The van der Waals surface area contributed by atoms with E-state index in [-0.39, 0.29) is 11.5 Å². The zero-order valence-electron chi connectivity index (χ0n) is 11.9. The molecular weight excluding hydrogens is 230 g/mol. The average molecular weight is 255 g/mol. The van der Waals surface area contributed by atoms with Crippen LogP contribution in [-0.2, 0) is 4.74 Å². The maximum Gasteiger partial charge on any atom is 0.412 e. The fraction of sp³-hybridized carbons (Fsp3) is 0.929. The summed E-state index contributed by atoms with van der Waals surface area (Å²) in [7, 11) is 0. The maximum atomic E-state index is 12.1. The van der Waals surface area contributed by atoms with Crippen molar-refractivity contribution in [1.82, 2.24) is 4.90 Å². The number of ether oxygens (including phenoxy) is 1. The summed E-state index contributed by atoms with van der Waals surface area (Å²) in [5.41, 5.74) is -0.652. The molecular formula is C14H25NO3. The summed E-state index contributed by atoms with van der Waals surface area (Å²) in [5, 5.41) is 10.4. The largest absolute Gasteiger partial charge is 0.444 e. The molecule has 3 atom stereocenters. The van der Waals surface area contributed by atoms with Gasteiger partial charge < -0.3 is 9.84 Å². The number of hydrogen-bond donors (Lipinski definition) is 1. The van der Waals surface area contributed by atoms with Gasteiger partial charge in [0.2, 0.25) is 0 Å². The summed E-state index contributed by atoms with van der Waals surface area (Å²) in [4.78, 5) is 13.6. The molecule has 4 nitrogen and oxygen atoms in total. The molecule has 1 aliphatic heterocycles. The normalized spacial score (nSPS) is 36.4. The molecule has 1 saturated heterocycles. The highest BCUT2D eigenvalue weighted by Crippen LogP contribution is 2.49. The molecule has 3 unspecified atom stereocenters. The summed E-state index contributed by atoms with van der Waals surface area (Å²) in [6.07, 6.45) is 3.37. The molecule has 2 aliphatic rings. The van der Waals surface area contributed by atoms with Gasteiger partial charge >= 0.3 is 6.09 Å². The van der Waals surface area contributed by atoms with Gasteiger partial charge in [0, 0.05) is 12.0 Å². The molecule has 0 aromatic carbocycles.